The number of hydrogen-bond donors (Lipinski definition) is 0. The minimum atomic E-state index is -0.435. The van der Waals surface area contributed by atoms with Gasteiger partial charge < -0.3 is 4.74 Å². The summed E-state index contributed by atoms with van der Waals surface area (Å²) in [5.41, 5.74) is 1.75. The van der Waals surface area contributed by atoms with Gasteiger partial charge >= 0.3 is 0 Å². The predicted molar refractivity (Wildman–Crippen MR) is 79.7 cm³/mol. The summed E-state index contributed by atoms with van der Waals surface area (Å²) in [4.78, 5) is 14.7. The largest absolute Gasteiger partial charge is 0.457 e. The van der Waals surface area contributed by atoms with Crippen LogP contribution in [-0.4, -0.2) is 9.91 Å². The first-order chi connectivity index (χ1) is 10.1. The smallest absolute Gasteiger partial charge is 0.269 e. The predicted octanol–water partition coefficient (Wildman–Crippen LogP) is 4.24. The molecule has 0 unspecified atom stereocenters. The number of fused-ring (bicyclic) bond motifs is 1. The molecule has 3 aromatic rings. The normalized spacial score (nSPS) is 10.5. The topological polar surface area (TPSA) is 65.3 Å². The van der Waals surface area contributed by atoms with Gasteiger partial charge in [-0.1, -0.05) is 12.1 Å². The van der Waals surface area contributed by atoms with E-state index in [2.05, 4.69) is 4.98 Å². The van der Waals surface area contributed by atoms with Crippen LogP contribution in [0.4, 0.5) is 5.69 Å². The van der Waals surface area contributed by atoms with Crippen molar-refractivity contribution < 1.29 is 9.66 Å². The molecule has 0 spiro atoms. The van der Waals surface area contributed by atoms with E-state index in [-0.39, 0.29) is 5.69 Å². The average molecular weight is 280 g/mol. The molecule has 1 aromatic heterocycles. The lowest BCUT2D eigenvalue weighted by Gasteiger charge is -2.09. The molecular formula is C16H12N2O3. The zero-order valence-electron chi connectivity index (χ0n) is 11.3. The molecule has 21 heavy (non-hydrogen) atoms. The van der Waals surface area contributed by atoms with Gasteiger partial charge in [0.2, 0.25) is 0 Å². The highest BCUT2D eigenvalue weighted by Gasteiger charge is 2.08. The van der Waals surface area contributed by atoms with Gasteiger partial charge in [-0.3, -0.25) is 15.1 Å². The summed E-state index contributed by atoms with van der Waals surface area (Å²) in [6.45, 7) is 1.90. The molecule has 0 aliphatic heterocycles. The molecule has 3 rings (SSSR count). The Labute approximate surface area is 121 Å². The maximum atomic E-state index is 10.6. The number of aryl methyl sites for hydroxylation is 1. The number of aromatic nitrogens is 1. The van der Waals surface area contributed by atoms with E-state index in [1.54, 1.807) is 12.1 Å². The van der Waals surface area contributed by atoms with Crippen molar-refractivity contribution in [3.8, 4) is 11.5 Å². The number of nitrogens with zero attached hydrogens (tertiary/aromatic N) is 2. The van der Waals surface area contributed by atoms with Gasteiger partial charge in [-0.25, -0.2) is 0 Å². The zero-order chi connectivity index (χ0) is 14.8. The maximum Gasteiger partial charge on any atom is 0.269 e. The van der Waals surface area contributed by atoms with Crippen molar-refractivity contribution in [3.63, 3.8) is 0 Å². The molecule has 1 heterocycles. The Balaban J connectivity index is 1.99. The third kappa shape index (κ3) is 2.67. The third-order valence-corrected chi connectivity index (χ3v) is 3.08. The number of benzene rings is 2. The number of nitro groups is 1. The van der Waals surface area contributed by atoms with E-state index in [0.29, 0.717) is 11.5 Å². The summed E-state index contributed by atoms with van der Waals surface area (Å²) in [5, 5.41) is 11.6. The molecule has 0 atom stereocenters. The van der Waals surface area contributed by atoms with Gasteiger partial charge in [-0.05, 0) is 31.2 Å². The van der Waals surface area contributed by atoms with E-state index in [9.17, 15) is 10.1 Å². The number of para-hydroxylation sites is 1. The molecular weight excluding hydrogens is 268 g/mol. The van der Waals surface area contributed by atoms with Gasteiger partial charge in [-0.2, -0.15) is 0 Å². The first kappa shape index (κ1) is 13.1. The SMILES string of the molecule is Cc1cc(Oc2ccc([N+](=O)[O-])cc2)c2ccccc2n1. The number of pyridine rings is 1. The van der Waals surface area contributed by atoms with Crippen LogP contribution >= 0.6 is 0 Å². The van der Waals surface area contributed by atoms with Crippen molar-refractivity contribution in [3.05, 3.63) is 70.4 Å². The van der Waals surface area contributed by atoms with Crippen LogP contribution in [0.2, 0.25) is 0 Å². The first-order valence-corrected chi connectivity index (χ1v) is 6.42. The van der Waals surface area contributed by atoms with Crippen molar-refractivity contribution >= 4 is 16.6 Å². The van der Waals surface area contributed by atoms with Crippen LogP contribution in [-0.2, 0) is 0 Å². The Morgan fingerprint density at radius 3 is 2.52 bits per heavy atom. The van der Waals surface area contributed by atoms with Crippen LogP contribution in [0.3, 0.4) is 0 Å². The fraction of sp³-hybridized carbons (Fsp3) is 0.0625. The molecule has 0 fully saturated rings. The molecule has 0 aliphatic carbocycles. The molecule has 0 bridgehead atoms. The maximum absolute atomic E-state index is 10.6. The summed E-state index contributed by atoms with van der Waals surface area (Å²) in [6, 6.07) is 15.6. The first-order valence-electron chi connectivity index (χ1n) is 6.42. The van der Waals surface area contributed by atoms with Crippen LogP contribution in [0.25, 0.3) is 10.9 Å². The van der Waals surface area contributed by atoms with Gasteiger partial charge in [0.05, 0.1) is 10.4 Å². The van der Waals surface area contributed by atoms with Gasteiger partial charge in [-0.15, -0.1) is 0 Å². The van der Waals surface area contributed by atoms with Crippen LogP contribution < -0.4 is 4.74 Å². The minimum Gasteiger partial charge on any atom is -0.457 e. The Kier molecular flexibility index (Phi) is 3.23. The van der Waals surface area contributed by atoms with E-state index in [4.69, 9.17) is 4.74 Å². The van der Waals surface area contributed by atoms with E-state index in [0.717, 1.165) is 16.6 Å². The summed E-state index contributed by atoms with van der Waals surface area (Å²) in [5.74, 6) is 1.24. The average Bonchev–Trinajstić information content (AvgIpc) is 2.47. The second-order valence-electron chi connectivity index (χ2n) is 4.63. The van der Waals surface area contributed by atoms with Crippen molar-refractivity contribution in [2.75, 3.05) is 0 Å². The zero-order valence-corrected chi connectivity index (χ0v) is 11.3. The molecule has 0 saturated heterocycles. The highest BCUT2D eigenvalue weighted by molar-refractivity contribution is 5.85. The standard InChI is InChI=1S/C16H12N2O3/c1-11-10-16(14-4-2-3-5-15(14)17-11)21-13-8-6-12(7-9-13)18(19)20/h2-10H,1H3. The summed E-state index contributed by atoms with van der Waals surface area (Å²) in [6.07, 6.45) is 0. The minimum absolute atomic E-state index is 0.0399. The van der Waals surface area contributed by atoms with Crippen molar-refractivity contribution in [1.29, 1.82) is 0 Å². The fourth-order valence-corrected chi connectivity index (χ4v) is 2.12. The lowest BCUT2D eigenvalue weighted by molar-refractivity contribution is -0.384. The molecule has 0 amide bonds. The Bertz CT molecular complexity index is 813. The molecule has 0 radical (unpaired) electrons. The number of ether oxygens (including phenoxy) is 1. The molecule has 0 saturated carbocycles. The molecule has 104 valence electrons. The highest BCUT2D eigenvalue weighted by Crippen LogP contribution is 2.30. The van der Waals surface area contributed by atoms with Crippen molar-refractivity contribution in [2.45, 2.75) is 6.92 Å². The lowest BCUT2D eigenvalue weighted by Crippen LogP contribution is -1.91. The van der Waals surface area contributed by atoms with Gasteiger partial charge in [0.25, 0.3) is 5.69 Å². The number of non-ortho nitro benzene ring substituents is 1. The molecule has 5 heteroatoms. The van der Waals surface area contributed by atoms with Gasteiger partial charge in [0.15, 0.2) is 0 Å². The Morgan fingerprint density at radius 2 is 1.81 bits per heavy atom. The molecule has 0 aliphatic rings. The lowest BCUT2D eigenvalue weighted by atomic mass is 10.2. The van der Waals surface area contributed by atoms with E-state index >= 15 is 0 Å². The second-order valence-corrected chi connectivity index (χ2v) is 4.63. The second kappa shape index (κ2) is 5.20. The van der Waals surface area contributed by atoms with E-state index in [1.807, 2.05) is 37.3 Å². The quantitative estimate of drug-likeness (QED) is 0.531. The summed E-state index contributed by atoms with van der Waals surface area (Å²) >= 11 is 0. The monoisotopic (exact) mass is 280 g/mol. The van der Waals surface area contributed by atoms with Crippen molar-refractivity contribution in [2.24, 2.45) is 0 Å². The van der Waals surface area contributed by atoms with Crippen LogP contribution in [0.15, 0.2) is 54.6 Å². The molecule has 0 N–H and O–H groups in total. The molecule has 5 nitrogen and oxygen atoms in total. The van der Waals surface area contributed by atoms with Gasteiger partial charge in [0, 0.05) is 29.3 Å². The van der Waals surface area contributed by atoms with Crippen LogP contribution in [0.5, 0.6) is 11.5 Å². The van der Waals surface area contributed by atoms with E-state index < -0.39 is 4.92 Å². The van der Waals surface area contributed by atoms with Crippen molar-refractivity contribution in [1.82, 2.24) is 4.98 Å². The Morgan fingerprint density at radius 1 is 1.10 bits per heavy atom. The highest BCUT2D eigenvalue weighted by atomic mass is 16.6. The van der Waals surface area contributed by atoms with E-state index in [1.165, 1.54) is 12.1 Å². The van der Waals surface area contributed by atoms with Gasteiger partial charge in [0.1, 0.15) is 11.5 Å². The fourth-order valence-electron chi connectivity index (χ4n) is 2.12. The number of rotatable bonds is 3. The molecule has 2 aromatic carbocycles. The summed E-state index contributed by atoms with van der Waals surface area (Å²) < 4.78 is 5.84. The number of hydrogen-bond acceptors (Lipinski definition) is 4. The number of nitro benzene ring substituents is 1. The summed E-state index contributed by atoms with van der Waals surface area (Å²) in [7, 11) is 0. The van der Waals surface area contributed by atoms with Crippen LogP contribution in [0, 0.1) is 17.0 Å². The third-order valence-electron chi connectivity index (χ3n) is 3.08. The van der Waals surface area contributed by atoms with Crippen LogP contribution in [0.1, 0.15) is 5.69 Å². The Hall–Kier alpha value is -2.95.